The Labute approximate surface area is 91.1 Å². The van der Waals surface area contributed by atoms with Gasteiger partial charge in [-0.1, -0.05) is 18.2 Å². The number of piperidine rings is 1. The molecule has 2 N–H and O–H groups in total. The Morgan fingerprint density at radius 3 is 2.67 bits per heavy atom. The molecule has 1 aliphatic carbocycles. The smallest absolute Gasteiger partial charge is 0.0399 e. The normalized spacial score (nSPS) is 27.9. The first-order chi connectivity index (χ1) is 7.38. The summed E-state index contributed by atoms with van der Waals surface area (Å²) in [7, 11) is 0. The maximum Gasteiger partial charge on any atom is 0.0399 e. The lowest BCUT2D eigenvalue weighted by atomic mass is 10.1. The molecule has 15 heavy (non-hydrogen) atoms. The maximum absolute atomic E-state index is 5.65. The molecule has 1 aliphatic heterocycles. The van der Waals surface area contributed by atoms with Gasteiger partial charge in [0.2, 0.25) is 0 Å². The lowest BCUT2D eigenvalue weighted by molar-refractivity contribution is 0.810. The molecule has 0 amide bonds. The van der Waals surface area contributed by atoms with E-state index in [2.05, 4.69) is 29.2 Å². The van der Waals surface area contributed by atoms with Crippen molar-refractivity contribution in [2.75, 3.05) is 24.5 Å². The summed E-state index contributed by atoms with van der Waals surface area (Å²) in [6, 6.07) is 8.71. The second kappa shape index (κ2) is 3.53. The van der Waals surface area contributed by atoms with Crippen molar-refractivity contribution in [3.8, 4) is 0 Å². The number of hydrogen-bond donors (Lipinski definition) is 1. The van der Waals surface area contributed by atoms with Crippen molar-refractivity contribution in [1.29, 1.82) is 0 Å². The minimum atomic E-state index is 0.748. The number of benzene rings is 1. The van der Waals surface area contributed by atoms with Gasteiger partial charge in [0, 0.05) is 18.8 Å². The zero-order valence-electron chi connectivity index (χ0n) is 9.02. The van der Waals surface area contributed by atoms with E-state index in [1.54, 1.807) is 0 Å². The second-order valence-corrected chi connectivity index (χ2v) is 4.83. The maximum atomic E-state index is 5.65. The average molecular weight is 202 g/mol. The minimum absolute atomic E-state index is 0.748. The molecule has 0 radical (unpaired) electrons. The molecule has 80 valence electrons. The quantitative estimate of drug-likeness (QED) is 0.807. The molecule has 1 saturated heterocycles. The number of fused-ring (bicyclic) bond motifs is 1. The Kier molecular flexibility index (Phi) is 2.17. The molecule has 1 aromatic carbocycles. The number of nitrogens with two attached hydrogens (primary N) is 1. The Balaban J connectivity index is 1.83. The topological polar surface area (TPSA) is 29.3 Å². The van der Waals surface area contributed by atoms with Crippen LogP contribution in [0, 0.1) is 11.8 Å². The number of rotatable bonds is 3. The van der Waals surface area contributed by atoms with Gasteiger partial charge in [0.05, 0.1) is 0 Å². The second-order valence-electron chi connectivity index (χ2n) is 4.83. The molecule has 2 heteroatoms. The van der Waals surface area contributed by atoms with Crippen LogP contribution < -0.4 is 10.6 Å². The van der Waals surface area contributed by atoms with Gasteiger partial charge < -0.3 is 10.6 Å². The van der Waals surface area contributed by atoms with Crippen molar-refractivity contribution >= 4 is 5.69 Å². The van der Waals surface area contributed by atoms with E-state index >= 15 is 0 Å². The molecule has 2 nitrogen and oxygen atoms in total. The lowest BCUT2D eigenvalue weighted by Crippen LogP contribution is -2.23. The standard InChI is InChI=1S/C13H18N2/c14-6-5-10-3-1-2-4-13(10)15-8-11-7-12(11)9-15/h1-4,11-12H,5-9,14H2. The van der Waals surface area contributed by atoms with Crippen LogP contribution in [0.2, 0.25) is 0 Å². The molecule has 0 aromatic heterocycles. The van der Waals surface area contributed by atoms with E-state index in [-0.39, 0.29) is 0 Å². The third-order valence-electron chi connectivity index (χ3n) is 3.72. The first-order valence-electron chi connectivity index (χ1n) is 5.91. The van der Waals surface area contributed by atoms with Crippen LogP contribution in [0.25, 0.3) is 0 Å². The third kappa shape index (κ3) is 1.63. The van der Waals surface area contributed by atoms with E-state index in [1.165, 1.54) is 30.8 Å². The van der Waals surface area contributed by atoms with Gasteiger partial charge in [0.25, 0.3) is 0 Å². The molecule has 1 saturated carbocycles. The zero-order valence-corrected chi connectivity index (χ0v) is 9.02. The fourth-order valence-corrected chi connectivity index (χ4v) is 2.78. The molecule has 0 spiro atoms. The van der Waals surface area contributed by atoms with E-state index < -0.39 is 0 Å². The molecule has 2 atom stereocenters. The van der Waals surface area contributed by atoms with Crippen LogP contribution in [0.1, 0.15) is 12.0 Å². The number of anilines is 1. The SMILES string of the molecule is NCCc1ccccc1N1CC2CC2C1. The van der Waals surface area contributed by atoms with Crippen LogP contribution in [-0.4, -0.2) is 19.6 Å². The molecule has 1 heterocycles. The highest BCUT2D eigenvalue weighted by molar-refractivity contribution is 5.55. The molecular formula is C13H18N2. The Hall–Kier alpha value is -1.02. The third-order valence-corrected chi connectivity index (χ3v) is 3.72. The molecule has 2 aliphatic rings. The van der Waals surface area contributed by atoms with E-state index in [1.807, 2.05) is 0 Å². The molecule has 1 aromatic rings. The van der Waals surface area contributed by atoms with Crippen molar-refractivity contribution in [2.45, 2.75) is 12.8 Å². The average Bonchev–Trinajstić information content (AvgIpc) is 2.87. The van der Waals surface area contributed by atoms with Gasteiger partial charge in [-0.05, 0) is 42.9 Å². The highest BCUT2D eigenvalue weighted by atomic mass is 15.2. The van der Waals surface area contributed by atoms with Crippen LogP contribution in [0.15, 0.2) is 24.3 Å². The van der Waals surface area contributed by atoms with Gasteiger partial charge in [-0.15, -0.1) is 0 Å². The van der Waals surface area contributed by atoms with Crippen molar-refractivity contribution in [2.24, 2.45) is 17.6 Å². The van der Waals surface area contributed by atoms with Crippen LogP contribution in [0.4, 0.5) is 5.69 Å². The van der Waals surface area contributed by atoms with Crippen molar-refractivity contribution in [1.82, 2.24) is 0 Å². The highest BCUT2D eigenvalue weighted by Crippen LogP contribution is 2.46. The Morgan fingerprint density at radius 1 is 1.20 bits per heavy atom. The van der Waals surface area contributed by atoms with E-state index in [0.29, 0.717) is 0 Å². The summed E-state index contributed by atoms with van der Waals surface area (Å²) in [6.45, 7) is 3.29. The predicted molar refractivity (Wildman–Crippen MR) is 63.0 cm³/mol. The van der Waals surface area contributed by atoms with E-state index in [9.17, 15) is 0 Å². The Morgan fingerprint density at radius 2 is 1.93 bits per heavy atom. The summed E-state index contributed by atoms with van der Waals surface area (Å²) in [5, 5.41) is 0. The first-order valence-corrected chi connectivity index (χ1v) is 5.91. The molecule has 2 fully saturated rings. The van der Waals surface area contributed by atoms with Gasteiger partial charge >= 0.3 is 0 Å². The van der Waals surface area contributed by atoms with Gasteiger partial charge in [-0.25, -0.2) is 0 Å². The van der Waals surface area contributed by atoms with E-state index in [0.717, 1.165) is 24.8 Å². The summed E-state index contributed by atoms with van der Waals surface area (Å²) in [6.07, 6.45) is 2.47. The Bertz CT molecular complexity index is 351. The molecule has 0 bridgehead atoms. The molecular weight excluding hydrogens is 184 g/mol. The summed E-state index contributed by atoms with van der Waals surface area (Å²) >= 11 is 0. The number of para-hydroxylation sites is 1. The molecule has 3 rings (SSSR count). The van der Waals surface area contributed by atoms with Gasteiger partial charge in [-0.2, -0.15) is 0 Å². The lowest BCUT2D eigenvalue weighted by Gasteiger charge is -2.23. The highest BCUT2D eigenvalue weighted by Gasteiger charge is 2.45. The number of hydrogen-bond acceptors (Lipinski definition) is 2. The first kappa shape index (κ1) is 9.22. The van der Waals surface area contributed by atoms with Gasteiger partial charge in [0.1, 0.15) is 0 Å². The largest absolute Gasteiger partial charge is 0.371 e. The monoisotopic (exact) mass is 202 g/mol. The van der Waals surface area contributed by atoms with Crippen LogP contribution in [-0.2, 0) is 6.42 Å². The molecule has 2 unspecified atom stereocenters. The number of nitrogens with zero attached hydrogens (tertiary/aromatic N) is 1. The fourth-order valence-electron chi connectivity index (χ4n) is 2.78. The van der Waals surface area contributed by atoms with E-state index in [4.69, 9.17) is 5.73 Å². The van der Waals surface area contributed by atoms with Gasteiger partial charge in [-0.3, -0.25) is 0 Å². The van der Waals surface area contributed by atoms with Crippen molar-refractivity contribution < 1.29 is 0 Å². The summed E-state index contributed by atoms with van der Waals surface area (Å²) < 4.78 is 0. The van der Waals surface area contributed by atoms with Crippen molar-refractivity contribution in [3.05, 3.63) is 29.8 Å². The summed E-state index contributed by atoms with van der Waals surface area (Å²) in [4.78, 5) is 2.55. The summed E-state index contributed by atoms with van der Waals surface area (Å²) in [5.41, 5.74) is 8.49. The van der Waals surface area contributed by atoms with Crippen LogP contribution in [0.5, 0.6) is 0 Å². The van der Waals surface area contributed by atoms with Crippen LogP contribution >= 0.6 is 0 Å². The zero-order chi connectivity index (χ0) is 10.3. The minimum Gasteiger partial charge on any atom is -0.371 e. The predicted octanol–water partition coefficient (Wildman–Crippen LogP) is 1.64. The van der Waals surface area contributed by atoms with Crippen LogP contribution in [0.3, 0.4) is 0 Å². The van der Waals surface area contributed by atoms with Crippen molar-refractivity contribution in [3.63, 3.8) is 0 Å². The fraction of sp³-hybridized carbons (Fsp3) is 0.538. The summed E-state index contributed by atoms with van der Waals surface area (Å²) in [5.74, 6) is 1.99. The van der Waals surface area contributed by atoms with Gasteiger partial charge in [0.15, 0.2) is 0 Å².